The van der Waals surface area contributed by atoms with Crippen molar-refractivity contribution in [3.05, 3.63) is 29.8 Å². The van der Waals surface area contributed by atoms with E-state index in [4.69, 9.17) is 10.00 Å². The minimum Gasteiger partial charge on any atom is -0.481 e. The van der Waals surface area contributed by atoms with Crippen LogP contribution in [0.5, 0.6) is 5.75 Å². The van der Waals surface area contributed by atoms with Gasteiger partial charge in [0, 0.05) is 6.04 Å². The normalized spacial score (nSPS) is 22.9. The molecule has 0 aromatic heterocycles. The van der Waals surface area contributed by atoms with Crippen molar-refractivity contribution >= 4 is 5.91 Å². The van der Waals surface area contributed by atoms with E-state index in [1.807, 2.05) is 6.07 Å². The van der Waals surface area contributed by atoms with Crippen molar-refractivity contribution in [1.29, 1.82) is 5.26 Å². The molecule has 1 fully saturated rings. The maximum absolute atomic E-state index is 12.1. The molecule has 5 heteroatoms. The van der Waals surface area contributed by atoms with Gasteiger partial charge in [0.05, 0.1) is 17.7 Å². The largest absolute Gasteiger partial charge is 0.481 e. The van der Waals surface area contributed by atoms with Crippen LogP contribution in [-0.4, -0.2) is 29.3 Å². The van der Waals surface area contributed by atoms with E-state index in [1.165, 1.54) is 0 Å². The molecular formula is C16H20N2O3. The highest BCUT2D eigenvalue weighted by molar-refractivity contribution is 5.81. The van der Waals surface area contributed by atoms with Gasteiger partial charge in [-0.1, -0.05) is 6.07 Å². The Morgan fingerprint density at radius 3 is 2.81 bits per heavy atom. The monoisotopic (exact) mass is 288 g/mol. The number of amides is 1. The van der Waals surface area contributed by atoms with Gasteiger partial charge >= 0.3 is 0 Å². The van der Waals surface area contributed by atoms with E-state index in [0.717, 1.165) is 25.7 Å². The van der Waals surface area contributed by atoms with Gasteiger partial charge in [0.1, 0.15) is 5.75 Å². The molecule has 0 spiro atoms. The Kier molecular flexibility index (Phi) is 5.18. The zero-order valence-electron chi connectivity index (χ0n) is 12.1. The molecule has 5 nitrogen and oxygen atoms in total. The van der Waals surface area contributed by atoms with Crippen LogP contribution in [0.3, 0.4) is 0 Å². The Labute approximate surface area is 124 Å². The van der Waals surface area contributed by atoms with Gasteiger partial charge in [-0.25, -0.2) is 0 Å². The molecule has 112 valence electrons. The highest BCUT2D eigenvalue weighted by atomic mass is 16.5. The molecule has 1 aromatic rings. The van der Waals surface area contributed by atoms with E-state index < -0.39 is 6.10 Å². The van der Waals surface area contributed by atoms with Gasteiger partial charge in [0.2, 0.25) is 0 Å². The first-order valence-electron chi connectivity index (χ1n) is 7.23. The summed E-state index contributed by atoms with van der Waals surface area (Å²) in [5.74, 6) is 0.342. The van der Waals surface area contributed by atoms with Crippen LogP contribution in [0.1, 0.15) is 38.2 Å². The number of aliphatic hydroxyl groups is 1. The Balaban J connectivity index is 1.86. The van der Waals surface area contributed by atoms with Crippen LogP contribution in [0, 0.1) is 11.3 Å². The summed E-state index contributed by atoms with van der Waals surface area (Å²) >= 11 is 0. The summed E-state index contributed by atoms with van der Waals surface area (Å²) in [6.45, 7) is 1.69. The Bertz CT molecular complexity index is 531. The van der Waals surface area contributed by atoms with E-state index in [1.54, 1.807) is 31.2 Å². The second-order valence-electron chi connectivity index (χ2n) is 5.41. The third kappa shape index (κ3) is 4.47. The van der Waals surface area contributed by atoms with Crippen LogP contribution < -0.4 is 10.1 Å². The van der Waals surface area contributed by atoms with Gasteiger partial charge in [0.25, 0.3) is 5.91 Å². The van der Waals surface area contributed by atoms with Crippen molar-refractivity contribution in [2.45, 2.75) is 50.9 Å². The number of nitrogens with zero attached hydrogens (tertiary/aromatic N) is 1. The third-order valence-electron chi connectivity index (χ3n) is 3.69. The molecule has 1 amide bonds. The lowest BCUT2D eigenvalue weighted by molar-refractivity contribution is -0.128. The summed E-state index contributed by atoms with van der Waals surface area (Å²) < 4.78 is 5.57. The number of nitriles is 1. The first-order valence-corrected chi connectivity index (χ1v) is 7.23. The van der Waals surface area contributed by atoms with Crippen LogP contribution in [0.25, 0.3) is 0 Å². The van der Waals surface area contributed by atoms with Gasteiger partial charge in [-0.05, 0) is 50.8 Å². The van der Waals surface area contributed by atoms with Crippen molar-refractivity contribution in [1.82, 2.24) is 5.32 Å². The van der Waals surface area contributed by atoms with Crippen molar-refractivity contribution in [2.24, 2.45) is 0 Å². The number of hydrogen-bond donors (Lipinski definition) is 2. The molecule has 1 aliphatic rings. The van der Waals surface area contributed by atoms with Crippen molar-refractivity contribution in [3.63, 3.8) is 0 Å². The zero-order valence-corrected chi connectivity index (χ0v) is 12.1. The number of aliphatic hydroxyl groups excluding tert-OH is 1. The fourth-order valence-corrected chi connectivity index (χ4v) is 2.44. The fraction of sp³-hybridized carbons (Fsp3) is 0.500. The van der Waals surface area contributed by atoms with Gasteiger partial charge in [-0.3, -0.25) is 4.79 Å². The number of carbonyl (C=O) groups excluding carboxylic acids is 1. The first-order chi connectivity index (χ1) is 10.1. The molecule has 2 N–H and O–H groups in total. The van der Waals surface area contributed by atoms with E-state index in [9.17, 15) is 9.90 Å². The van der Waals surface area contributed by atoms with Gasteiger partial charge in [0.15, 0.2) is 6.10 Å². The topological polar surface area (TPSA) is 82.3 Å². The van der Waals surface area contributed by atoms with Gasteiger partial charge < -0.3 is 15.2 Å². The Morgan fingerprint density at radius 2 is 2.14 bits per heavy atom. The molecule has 1 atom stereocenters. The summed E-state index contributed by atoms with van der Waals surface area (Å²) in [6, 6.07) is 8.89. The predicted molar refractivity (Wildman–Crippen MR) is 77.7 cm³/mol. The molecule has 1 aromatic carbocycles. The number of ether oxygens (including phenoxy) is 1. The van der Waals surface area contributed by atoms with Crippen molar-refractivity contribution in [3.8, 4) is 11.8 Å². The molecule has 0 saturated heterocycles. The van der Waals surface area contributed by atoms with Crippen molar-refractivity contribution < 1.29 is 14.6 Å². The molecule has 0 bridgehead atoms. The van der Waals surface area contributed by atoms with Crippen LogP contribution in [0.15, 0.2) is 24.3 Å². The smallest absolute Gasteiger partial charge is 0.260 e. The zero-order chi connectivity index (χ0) is 15.2. The minimum absolute atomic E-state index is 0.109. The van der Waals surface area contributed by atoms with Crippen LogP contribution >= 0.6 is 0 Å². The standard InChI is InChI=1S/C16H20N2O3/c1-11(21-15-4-2-3-12(9-15)10-17)16(20)18-13-5-7-14(19)8-6-13/h2-4,9,11,13-14,19H,5-8H2,1H3,(H,18,20). The fourth-order valence-electron chi connectivity index (χ4n) is 2.44. The summed E-state index contributed by atoms with van der Waals surface area (Å²) in [5.41, 5.74) is 0.501. The highest BCUT2D eigenvalue weighted by Gasteiger charge is 2.23. The molecular weight excluding hydrogens is 268 g/mol. The summed E-state index contributed by atoms with van der Waals surface area (Å²) in [4.78, 5) is 12.1. The average Bonchev–Trinajstić information content (AvgIpc) is 2.49. The highest BCUT2D eigenvalue weighted by Crippen LogP contribution is 2.19. The maximum Gasteiger partial charge on any atom is 0.260 e. The van der Waals surface area contributed by atoms with E-state index in [0.29, 0.717) is 11.3 Å². The number of rotatable bonds is 4. The molecule has 1 unspecified atom stereocenters. The first kappa shape index (κ1) is 15.3. The second-order valence-corrected chi connectivity index (χ2v) is 5.41. The lowest BCUT2D eigenvalue weighted by Gasteiger charge is -2.27. The molecule has 0 aliphatic heterocycles. The van der Waals surface area contributed by atoms with Gasteiger partial charge in [-0.2, -0.15) is 5.26 Å². The summed E-state index contributed by atoms with van der Waals surface area (Å²) in [5, 5.41) is 21.2. The SMILES string of the molecule is CC(Oc1cccc(C#N)c1)C(=O)NC1CCC(O)CC1. The lowest BCUT2D eigenvalue weighted by Crippen LogP contribution is -2.44. The van der Waals surface area contributed by atoms with E-state index in [-0.39, 0.29) is 18.1 Å². The number of carbonyl (C=O) groups is 1. The number of nitrogens with one attached hydrogen (secondary N) is 1. The quantitative estimate of drug-likeness (QED) is 0.884. The minimum atomic E-state index is -0.620. The second kappa shape index (κ2) is 7.09. The van der Waals surface area contributed by atoms with Crippen LogP contribution in [-0.2, 0) is 4.79 Å². The molecule has 0 heterocycles. The number of benzene rings is 1. The van der Waals surface area contributed by atoms with E-state index in [2.05, 4.69) is 5.32 Å². The Hall–Kier alpha value is -2.06. The third-order valence-corrected chi connectivity index (χ3v) is 3.69. The molecule has 1 saturated carbocycles. The van der Waals surface area contributed by atoms with E-state index >= 15 is 0 Å². The summed E-state index contributed by atoms with van der Waals surface area (Å²) in [7, 11) is 0. The number of hydrogen-bond acceptors (Lipinski definition) is 4. The predicted octanol–water partition coefficient (Wildman–Crippen LogP) is 1.75. The van der Waals surface area contributed by atoms with Crippen molar-refractivity contribution in [2.75, 3.05) is 0 Å². The van der Waals surface area contributed by atoms with Crippen LogP contribution in [0.2, 0.25) is 0 Å². The van der Waals surface area contributed by atoms with Crippen LogP contribution in [0.4, 0.5) is 0 Å². The molecule has 2 rings (SSSR count). The van der Waals surface area contributed by atoms with Gasteiger partial charge in [-0.15, -0.1) is 0 Å². The Morgan fingerprint density at radius 1 is 1.43 bits per heavy atom. The average molecular weight is 288 g/mol. The molecule has 1 aliphatic carbocycles. The summed E-state index contributed by atoms with van der Waals surface area (Å²) in [6.07, 6.45) is 2.19. The lowest BCUT2D eigenvalue weighted by atomic mass is 9.93. The maximum atomic E-state index is 12.1. The molecule has 21 heavy (non-hydrogen) atoms. The molecule has 0 radical (unpaired) electrons.